The van der Waals surface area contributed by atoms with Gasteiger partial charge in [-0.2, -0.15) is 20.5 Å². The molecular weight excluding hydrogens is 488 g/mol. The number of hydrogen-bond acceptors (Lipinski definition) is 8. The predicted octanol–water partition coefficient (Wildman–Crippen LogP) is 8.78. The van der Waals surface area contributed by atoms with Crippen molar-refractivity contribution in [2.24, 2.45) is 25.9 Å². The van der Waals surface area contributed by atoms with Gasteiger partial charge in [-0.1, -0.05) is 20.3 Å². The Balaban J connectivity index is 1.49. The first-order chi connectivity index (χ1) is 18.7. The smallest absolute Gasteiger partial charge is 0.311 e. The van der Waals surface area contributed by atoms with Gasteiger partial charge < -0.3 is 14.5 Å². The van der Waals surface area contributed by atoms with Gasteiger partial charge in [-0.15, -0.1) is 0 Å². The zero-order chi connectivity index (χ0) is 28.3. The normalized spacial score (nSPS) is 13.0. The summed E-state index contributed by atoms with van der Waals surface area (Å²) in [6.45, 7) is 7.09. The summed E-state index contributed by atoms with van der Waals surface area (Å²) < 4.78 is 5.58. The first-order valence-corrected chi connectivity index (χ1v) is 13.4. The maximum Gasteiger partial charge on any atom is 0.311 e. The van der Waals surface area contributed by atoms with Gasteiger partial charge in [0.1, 0.15) is 6.61 Å². The summed E-state index contributed by atoms with van der Waals surface area (Å²) in [6, 6.07) is 23.2. The molecule has 206 valence electrons. The lowest BCUT2D eigenvalue weighted by Gasteiger charge is -2.26. The molecule has 0 N–H and O–H groups in total. The quantitative estimate of drug-likeness (QED) is 0.164. The summed E-state index contributed by atoms with van der Waals surface area (Å²) in [5, 5.41) is 17.3. The lowest BCUT2D eigenvalue weighted by molar-refractivity contribution is -0.155. The maximum atomic E-state index is 12.5. The van der Waals surface area contributed by atoms with Gasteiger partial charge in [-0.3, -0.25) is 4.79 Å². The van der Waals surface area contributed by atoms with Crippen LogP contribution in [0.25, 0.3) is 0 Å². The second-order valence-electron chi connectivity index (χ2n) is 10.1. The van der Waals surface area contributed by atoms with Gasteiger partial charge in [0.15, 0.2) is 0 Å². The summed E-state index contributed by atoms with van der Waals surface area (Å²) in [5.74, 6) is -0.109. The van der Waals surface area contributed by atoms with Crippen LogP contribution in [-0.4, -0.2) is 40.3 Å². The fraction of sp³-hybridized carbons (Fsp3) is 0.387. The highest BCUT2D eigenvalue weighted by molar-refractivity contribution is 5.76. The number of carbonyl (C=O) groups excluding carboxylic acids is 1. The van der Waals surface area contributed by atoms with E-state index in [-0.39, 0.29) is 5.97 Å². The Morgan fingerprint density at radius 1 is 0.718 bits per heavy atom. The summed E-state index contributed by atoms with van der Waals surface area (Å²) in [5.41, 5.74) is 4.76. The lowest BCUT2D eigenvalue weighted by Crippen LogP contribution is -2.32. The van der Waals surface area contributed by atoms with Crippen molar-refractivity contribution < 1.29 is 9.53 Å². The topological polar surface area (TPSA) is 82.2 Å². The number of nitrogens with zero attached hydrogens (tertiary/aromatic N) is 6. The average molecular weight is 529 g/mol. The molecule has 0 saturated heterocycles. The van der Waals surface area contributed by atoms with E-state index in [2.05, 4.69) is 32.3 Å². The average Bonchev–Trinajstić information content (AvgIpc) is 2.96. The third-order valence-corrected chi connectivity index (χ3v) is 6.80. The molecule has 0 saturated carbocycles. The number of anilines is 2. The molecule has 0 spiro atoms. The van der Waals surface area contributed by atoms with E-state index < -0.39 is 5.41 Å². The zero-order valence-corrected chi connectivity index (χ0v) is 24.0. The van der Waals surface area contributed by atoms with Crippen LogP contribution >= 0.6 is 0 Å². The molecule has 0 amide bonds. The van der Waals surface area contributed by atoms with Crippen molar-refractivity contribution in [1.29, 1.82) is 0 Å². The molecular formula is C31H40N6O2. The maximum absolute atomic E-state index is 12.5. The molecule has 0 aliphatic carbocycles. The second kappa shape index (κ2) is 14.2. The summed E-state index contributed by atoms with van der Waals surface area (Å²) in [4.78, 5) is 16.6. The highest BCUT2D eigenvalue weighted by Gasteiger charge is 2.31. The van der Waals surface area contributed by atoms with Gasteiger partial charge in [0.05, 0.1) is 34.7 Å². The molecule has 0 fully saturated rings. The van der Waals surface area contributed by atoms with Gasteiger partial charge in [0.2, 0.25) is 0 Å². The van der Waals surface area contributed by atoms with Gasteiger partial charge in [-0.05, 0) is 92.6 Å². The van der Waals surface area contributed by atoms with Crippen molar-refractivity contribution in [3.05, 3.63) is 72.8 Å². The minimum Gasteiger partial charge on any atom is -0.463 e. The Morgan fingerprint density at radius 2 is 1.13 bits per heavy atom. The summed E-state index contributed by atoms with van der Waals surface area (Å²) in [7, 11) is 5.99. The van der Waals surface area contributed by atoms with E-state index in [9.17, 15) is 4.79 Å². The molecule has 0 bridgehead atoms. The second-order valence-corrected chi connectivity index (χ2v) is 10.1. The van der Waals surface area contributed by atoms with Crippen LogP contribution in [0.1, 0.15) is 40.0 Å². The van der Waals surface area contributed by atoms with E-state index in [0.717, 1.165) is 53.4 Å². The Morgan fingerprint density at radius 3 is 1.51 bits per heavy atom. The minimum absolute atomic E-state index is 0.109. The monoisotopic (exact) mass is 528 g/mol. The Labute approximate surface area is 232 Å². The molecule has 0 aliphatic heterocycles. The van der Waals surface area contributed by atoms with Crippen LogP contribution in [0, 0.1) is 5.41 Å². The molecule has 3 rings (SSSR count). The number of ether oxygens (including phenoxy) is 1. The fourth-order valence-electron chi connectivity index (χ4n) is 3.96. The number of carbonyl (C=O) groups is 1. The minimum atomic E-state index is -0.400. The number of hydrogen-bond donors (Lipinski definition) is 0. The van der Waals surface area contributed by atoms with Crippen molar-refractivity contribution in [3.8, 4) is 0 Å². The Hall–Kier alpha value is -4.07. The standard InChI is InChI=1S/C31H40N6O2/c1-7-21-31(3,8-2)30(38)39-23-22-37(6)29-19-15-27(16-20-29)35-33-25-11-9-24(10-12-25)32-34-26-13-17-28(18-14-26)36(4)5/h9-20H,7-8,21-23H2,1-6H3. The van der Waals surface area contributed by atoms with Crippen molar-refractivity contribution in [1.82, 2.24) is 0 Å². The predicted molar refractivity (Wildman–Crippen MR) is 160 cm³/mol. The van der Waals surface area contributed by atoms with Crippen molar-refractivity contribution >= 4 is 40.1 Å². The first-order valence-electron chi connectivity index (χ1n) is 13.4. The molecule has 3 aromatic carbocycles. The van der Waals surface area contributed by atoms with Crippen LogP contribution in [0.4, 0.5) is 34.1 Å². The summed E-state index contributed by atoms with van der Waals surface area (Å²) >= 11 is 0. The van der Waals surface area contributed by atoms with Crippen LogP contribution in [0.2, 0.25) is 0 Å². The molecule has 0 radical (unpaired) electrons. The van der Waals surface area contributed by atoms with E-state index in [4.69, 9.17) is 4.74 Å². The van der Waals surface area contributed by atoms with Crippen LogP contribution in [-0.2, 0) is 9.53 Å². The van der Waals surface area contributed by atoms with Crippen LogP contribution in [0.5, 0.6) is 0 Å². The number of benzene rings is 3. The summed E-state index contributed by atoms with van der Waals surface area (Å²) in [6.07, 6.45) is 2.59. The molecule has 8 heteroatoms. The third kappa shape index (κ3) is 8.74. The van der Waals surface area contributed by atoms with E-state index in [0.29, 0.717) is 13.2 Å². The van der Waals surface area contributed by atoms with E-state index in [1.165, 1.54) is 0 Å². The molecule has 1 atom stereocenters. The number of esters is 1. The molecule has 0 aromatic heterocycles. The molecule has 8 nitrogen and oxygen atoms in total. The Kier molecular flexibility index (Phi) is 10.7. The van der Waals surface area contributed by atoms with Gasteiger partial charge in [0.25, 0.3) is 0 Å². The molecule has 3 aromatic rings. The van der Waals surface area contributed by atoms with Gasteiger partial charge in [-0.25, -0.2) is 0 Å². The fourth-order valence-corrected chi connectivity index (χ4v) is 3.96. The van der Waals surface area contributed by atoms with Crippen molar-refractivity contribution in [2.75, 3.05) is 44.1 Å². The molecule has 0 aliphatic rings. The highest BCUT2D eigenvalue weighted by Crippen LogP contribution is 2.29. The largest absolute Gasteiger partial charge is 0.463 e. The molecule has 0 heterocycles. The zero-order valence-electron chi connectivity index (χ0n) is 24.0. The highest BCUT2D eigenvalue weighted by atomic mass is 16.5. The first kappa shape index (κ1) is 29.5. The SMILES string of the molecule is CCCC(C)(CC)C(=O)OCCN(C)c1ccc(N=Nc2ccc(N=Nc3ccc(N(C)C)cc3)cc2)cc1. The Bertz CT molecular complexity index is 1240. The van der Waals surface area contributed by atoms with Gasteiger partial charge in [0, 0.05) is 32.5 Å². The number of rotatable bonds is 13. The van der Waals surface area contributed by atoms with Crippen LogP contribution in [0.3, 0.4) is 0 Å². The van der Waals surface area contributed by atoms with Crippen LogP contribution in [0.15, 0.2) is 93.3 Å². The third-order valence-electron chi connectivity index (χ3n) is 6.80. The van der Waals surface area contributed by atoms with E-state index in [1.54, 1.807) is 0 Å². The van der Waals surface area contributed by atoms with Crippen molar-refractivity contribution in [3.63, 3.8) is 0 Å². The lowest BCUT2D eigenvalue weighted by atomic mass is 9.83. The van der Waals surface area contributed by atoms with Crippen LogP contribution < -0.4 is 9.80 Å². The van der Waals surface area contributed by atoms with E-state index >= 15 is 0 Å². The molecule has 39 heavy (non-hydrogen) atoms. The van der Waals surface area contributed by atoms with Gasteiger partial charge >= 0.3 is 5.97 Å². The van der Waals surface area contributed by atoms with Crippen molar-refractivity contribution in [2.45, 2.75) is 40.0 Å². The number of azo groups is 2. The molecule has 1 unspecified atom stereocenters. The number of likely N-dealkylation sites (N-methyl/N-ethyl adjacent to an activating group) is 1. The van der Waals surface area contributed by atoms with E-state index in [1.807, 2.05) is 113 Å².